The molecule has 200 valence electrons. The number of hydrogen-bond acceptors (Lipinski definition) is 6. The molecule has 2 aromatic heterocycles. The monoisotopic (exact) mass is 522 g/mol. The molecular weight excluding hydrogens is 488 g/mol. The van der Waals surface area contributed by atoms with Crippen molar-refractivity contribution in [3.05, 3.63) is 71.8 Å². The minimum atomic E-state index is -0.279. The SMILES string of the molecule is O=C(Nc1ccc(C(=O)NC2CCCC2)nc1)C1=NCCc2ccc(-c3cncc(N4CCCCC4)c3)cc21. The van der Waals surface area contributed by atoms with Crippen LogP contribution in [0.4, 0.5) is 11.4 Å². The number of pyridine rings is 2. The van der Waals surface area contributed by atoms with E-state index in [9.17, 15) is 9.59 Å². The summed E-state index contributed by atoms with van der Waals surface area (Å²) in [6.07, 6.45) is 14.2. The van der Waals surface area contributed by atoms with Gasteiger partial charge in [0.15, 0.2) is 0 Å². The largest absolute Gasteiger partial charge is 0.370 e. The van der Waals surface area contributed by atoms with E-state index < -0.39 is 0 Å². The van der Waals surface area contributed by atoms with Gasteiger partial charge in [-0.3, -0.25) is 19.6 Å². The molecule has 0 radical (unpaired) electrons. The maximum absolute atomic E-state index is 13.3. The number of fused-ring (bicyclic) bond motifs is 1. The molecule has 1 saturated heterocycles. The van der Waals surface area contributed by atoms with Gasteiger partial charge >= 0.3 is 0 Å². The Morgan fingerprint density at radius 1 is 0.846 bits per heavy atom. The molecule has 0 unspecified atom stereocenters. The molecule has 2 N–H and O–H groups in total. The van der Waals surface area contributed by atoms with Crippen LogP contribution in [0.2, 0.25) is 0 Å². The quantitative estimate of drug-likeness (QED) is 0.485. The number of amides is 2. The van der Waals surface area contributed by atoms with Crippen molar-refractivity contribution in [1.82, 2.24) is 15.3 Å². The Bertz CT molecular complexity index is 1390. The fraction of sp³-hybridized carbons (Fsp3) is 0.387. The van der Waals surface area contributed by atoms with Gasteiger partial charge in [0.1, 0.15) is 11.4 Å². The minimum Gasteiger partial charge on any atom is -0.370 e. The average Bonchev–Trinajstić information content (AvgIpc) is 3.50. The fourth-order valence-electron chi connectivity index (χ4n) is 5.79. The molecule has 6 rings (SSSR count). The van der Waals surface area contributed by atoms with Gasteiger partial charge in [-0.2, -0.15) is 0 Å². The zero-order valence-corrected chi connectivity index (χ0v) is 22.2. The molecule has 4 heterocycles. The number of anilines is 2. The lowest BCUT2D eigenvalue weighted by Gasteiger charge is -2.28. The molecule has 1 aromatic carbocycles. The lowest BCUT2D eigenvalue weighted by molar-refractivity contribution is -0.110. The molecule has 1 saturated carbocycles. The number of hydrogen-bond donors (Lipinski definition) is 2. The lowest BCUT2D eigenvalue weighted by Crippen LogP contribution is -2.33. The smallest absolute Gasteiger partial charge is 0.274 e. The van der Waals surface area contributed by atoms with Gasteiger partial charge in [-0.25, -0.2) is 4.98 Å². The molecule has 2 amide bonds. The third kappa shape index (κ3) is 5.70. The standard InChI is InChI=1S/C31H34N6O2/c38-30(35-24-6-2-3-7-24)28-11-10-25(19-34-28)36-31(39)29-27-17-22(9-8-21(27)12-13-33-29)23-16-26(20-32-18-23)37-14-4-1-5-15-37/h8-11,16-20,24H,1-7,12-15H2,(H,35,38)(H,36,39). The van der Waals surface area contributed by atoms with Crippen LogP contribution in [0, 0.1) is 0 Å². The minimum absolute atomic E-state index is 0.170. The van der Waals surface area contributed by atoms with E-state index in [0.29, 0.717) is 23.6 Å². The molecule has 8 heteroatoms. The highest BCUT2D eigenvalue weighted by Gasteiger charge is 2.23. The summed E-state index contributed by atoms with van der Waals surface area (Å²) in [5, 5.41) is 5.96. The summed E-state index contributed by atoms with van der Waals surface area (Å²) in [4.78, 5) is 41.6. The molecule has 2 aliphatic heterocycles. The maximum atomic E-state index is 13.3. The Kier molecular flexibility index (Phi) is 7.34. The van der Waals surface area contributed by atoms with E-state index in [1.165, 1.54) is 25.5 Å². The second-order valence-corrected chi connectivity index (χ2v) is 10.7. The second-order valence-electron chi connectivity index (χ2n) is 10.7. The molecule has 0 spiro atoms. The number of aromatic nitrogens is 2. The van der Waals surface area contributed by atoms with Crippen molar-refractivity contribution < 1.29 is 9.59 Å². The van der Waals surface area contributed by atoms with Crippen LogP contribution < -0.4 is 15.5 Å². The van der Waals surface area contributed by atoms with Crippen molar-refractivity contribution in [2.75, 3.05) is 29.9 Å². The van der Waals surface area contributed by atoms with Crippen molar-refractivity contribution in [3.8, 4) is 11.1 Å². The van der Waals surface area contributed by atoms with Crippen LogP contribution in [0.5, 0.6) is 0 Å². The first-order valence-electron chi connectivity index (χ1n) is 14.1. The molecule has 0 atom stereocenters. The van der Waals surface area contributed by atoms with Crippen LogP contribution >= 0.6 is 0 Å². The Hall–Kier alpha value is -4.07. The highest BCUT2D eigenvalue weighted by atomic mass is 16.2. The Balaban J connectivity index is 1.17. The van der Waals surface area contributed by atoms with Crippen LogP contribution in [0.15, 0.2) is 60.0 Å². The number of benzene rings is 1. The lowest BCUT2D eigenvalue weighted by atomic mass is 9.93. The van der Waals surface area contributed by atoms with Crippen molar-refractivity contribution in [3.63, 3.8) is 0 Å². The summed E-state index contributed by atoms with van der Waals surface area (Å²) in [5.74, 6) is -0.449. The zero-order chi connectivity index (χ0) is 26.6. The number of nitrogens with one attached hydrogen (secondary N) is 2. The first-order valence-corrected chi connectivity index (χ1v) is 14.1. The van der Waals surface area contributed by atoms with Gasteiger partial charge in [0, 0.05) is 43.0 Å². The van der Waals surface area contributed by atoms with E-state index in [4.69, 9.17) is 0 Å². The molecule has 2 fully saturated rings. The van der Waals surface area contributed by atoms with Gasteiger partial charge in [-0.15, -0.1) is 0 Å². The van der Waals surface area contributed by atoms with Gasteiger partial charge < -0.3 is 15.5 Å². The van der Waals surface area contributed by atoms with Gasteiger partial charge in [-0.1, -0.05) is 25.0 Å². The molecule has 1 aliphatic carbocycles. The molecular formula is C31H34N6O2. The predicted molar refractivity (Wildman–Crippen MR) is 153 cm³/mol. The van der Waals surface area contributed by atoms with Gasteiger partial charge in [0.2, 0.25) is 0 Å². The Morgan fingerprint density at radius 3 is 2.49 bits per heavy atom. The van der Waals surface area contributed by atoms with E-state index in [-0.39, 0.29) is 17.9 Å². The summed E-state index contributed by atoms with van der Waals surface area (Å²) in [5.41, 5.74) is 6.44. The number of piperidine rings is 1. The van der Waals surface area contributed by atoms with Crippen molar-refractivity contribution in [2.45, 2.75) is 57.4 Å². The highest BCUT2D eigenvalue weighted by Crippen LogP contribution is 2.29. The van der Waals surface area contributed by atoms with Gasteiger partial charge in [0.05, 0.1) is 23.8 Å². The Morgan fingerprint density at radius 2 is 1.69 bits per heavy atom. The van der Waals surface area contributed by atoms with Crippen LogP contribution in [0.1, 0.15) is 66.6 Å². The summed E-state index contributed by atoms with van der Waals surface area (Å²) in [6.45, 7) is 2.69. The molecule has 39 heavy (non-hydrogen) atoms. The summed E-state index contributed by atoms with van der Waals surface area (Å²) in [6, 6.07) is 12.0. The summed E-state index contributed by atoms with van der Waals surface area (Å²) >= 11 is 0. The Labute approximate surface area is 229 Å². The summed E-state index contributed by atoms with van der Waals surface area (Å²) < 4.78 is 0. The molecule has 3 aromatic rings. The second kappa shape index (κ2) is 11.4. The number of rotatable bonds is 6. The van der Waals surface area contributed by atoms with E-state index in [2.05, 4.69) is 54.8 Å². The van der Waals surface area contributed by atoms with Crippen molar-refractivity contribution >= 4 is 28.9 Å². The topological polar surface area (TPSA) is 99.6 Å². The van der Waals surface area contributed by atoms with E-state index in [0.717, 1.165) is 73.1 Å². The normalized spacial score (nSPS) is 17.3. The fourth-order valence-corrected chi connectivity index (χ4v) is 5.79. The summed E-state index contributed by atoms with van der Waals surface area (Å²) in [7, 11) is 0. The van der Waals surface area contributed by atoms with Crippen LogP contribution in [0.25, 0.3) is 11.1 Å². The van der Waals surface area contributed by atoms with Gasteiger partial charge in [0.25, 0.3) is 11.8 Å². The maximum Gasteiger partial charge on any atom is 0.274 e. The molecule has 8 nitrogen and oxygen atoms in total. The molecule has 0 bridgehead atoms. The number of aliphatic imine (C=N–C) groups is 1. The van der Waals surface area contributed by atoms with Crippen molar-refractivity contribution in [2.24, 2.45) is 4.99 Å². The average molecular weight is 523 g/mol. The van der Waals surface area contributed by atoms with Crippen LogP contribution in [-0.2, 0) is 11.2 Å². The number of nitrogens with zero attached hydrogens (tertiary/aromatic N) is 4. The van der Waals surface area contributed by atoms with Crippen LogP contribution in [-0.4, -0.2) is 53.2 Å². The highest BCUT2D eigenvalue weighted by molar-refractivity contribution is 6.49. The van der Waals surface area contributed by atoms with Crippen LogP contribution in [0.3, 0.4) is 0 Å². The molecule has 3 aliphatic rings. The zero-order valence-electron chi connectivity index (χ0n) is 22.2. The number of carbonyl (C=O) groups is 2. The van der Waals surface area contributed by atoms with Crippen molar-refractivity contribution in [1.29, 1.82) is 0 Å². The van der Waals surface area contributed by atoms with Gasteiger partial charge in [-0.05, 0) is 73.9 Å². The van der Waals surface area contributed by atoms with E-state index >= 15 is 0 Å². The third-order valence-electron chi connectivity index (χ3n) is 7.95. The van der Waals surface area contributed by atoms with E-state index in [1.807, 2.05) is 12.4 Å². The number of carbonyl (C=O) groups excluding carboxylic acids is 2. The predicted octanol–water partition coefficient (Wildman–Crippen LogP) is 4.79. The first-order chi connectivity index (χ1) is 19.1. The third-order valence-corrected chi connectivity index (χ3v) is 7.95. The first kappa shape index (κ1) is 25.2. The van der Waals surface area contributed by atoms with E-state index in [1.54, 1.807) is 12.1 Å².